The van der Waals surface area contributed by atoms with Gasteiger partial charge >= 0.3 is 5.97 Å². The molecule has 6 nitrogen and oxygen atoms in total. The molecule has 1 saturated heterocycles. The molecule has 1 atom stereocenters. The van der Waals surface area contributed by atoms with E-state index in [0.717, 1.165) is 6.42 Å². The molecule has 1 fully saturated rings. The lowest BCUT2D eigenvalue weighted by molar-refractivity contribution is -0.145. The van der Waals surface area contributed by atoms with E-state index >= 15 is 0 Å². The van der Waals surface area contributed by atoms with Gasteiger partial charge in [-0.3, -0.25) is 14.4 Å². The van der Waals surface area contributed by atoms with Gasteiger partial charge in [0.1, 0.15) is 0 Å². The second kappa shape index (κ2) is 6.72. The molecule has 0 aliphatic carbocycles. The average molecular weight is 284 g/mol. The van der Waals surface area contributed by atoms with Crippen LogP contribution in [0.15, 0.2) is 0 Å². The van der Waals surface area contributed by atoms with E-state index < -0.39 is 17.3 Å². The molecule has 1 heterocycles. The zero-order chi connectivity index (χ0) is 15.3. The van der Waals surface area contributed by atoms with E-state index in [-0.39, 0.29) is 24.8 Å². The second-order valence-corrected chi connectivity index (χ2v) is 6.27. The monoisotopic (exact) mass is 284 g/mol. The normalized spacial score (nSPS) is 19.6. The zero-order valence-electron chi connectivity index (χ0n) is 12.4. The number of hydrogen-bond donors (Lipinski definition) is 2. The first kappa shape index (κ1) is 16.5. The summed E-state index contributed by atoms with van der Waals surface area (Å²) < 4.78 is 0. The average Bonchev–Trinajstić information content (AvgIpc) is 2.37. The molecule has 0 unspecified atom stereocenters. The van der Waals surface area contributed by atoms with Crippen LogP contribution in [0.5, 0.6) is 0 Å². The number of piperidine rings is 1. The number of carboxylic acid groups (broad SMARTS) is 1. The van der Waals surface area contributed by atoms with Crippen molar-refractivity contribution >= 4 is 17.8 Å². The summed E-state index contributed by atoms with van der Waals surface area (Å²) in [4.78, 5) is 36.2. The summed E-state index contributed by atoms with van der Waals surface area (Å²) in [6, 6.07) is 0. The van der Waals surface area contributed by atoms with Gasteiger partial charge in [-0.1, -0.05) is 20.8 Å². The van der Waals surface area contributed by atoms with Gasteiger partial charge in [0.15, 0.2) is 0 Å². The molecular weight excluding hydrogens is 260 g/mol. The first-order valence-corrected chi connectivity index (χ1v) is 7.00. The van der Waals surface area contributed by atoms with Crippen LogP contribution in [-0.2, 0) is 14.4 Å². The number of carbonyl (C=O) groups is 3. The standard InChI is InChI=1S/C14H24N2O4/c1-14(2,3)13(20)15-7-6-11(17)16-8-4-5-10(9-16)12(18)19/h10H,4-9H2,1-3H3,(H,15,20)(H,18,19)/t10-/m1/s1. The minimum Gasteiger partial charge on any atom is -0.481 e. The first-order chi connectivity index (χ1) is 9.21. The van der Waals surface area contributed by atoms with E-state index in [1.54, 1.807) is 4.90 Å². The van der Waals surface area contributed by atoms with Crippen molar-refractivity contribution in [2.24, 2.45) is 11.3 Å². The lowest BCUT2D eigenvalue weighted by Gasteiger charge is -2.31. The molecule has 1 aliphatic rings. The number of nitrogens with one attached hydrogen (secondary N) is 1. The maximum atomic E-state index is 12.0. The highest BCUT2D eigenvalue weighted by Crippen LogP contribution is 2.17. The van der Waals surface area contributed by atoms with Crippen LogP contribution in [0.1, 0.15) is 40.0 Å². The Morgan fingerprint density at radius 3 is 2.50 bits per heavy atom. The van der Waals surface area contributed by atoms with Crippen LogP contribution >= 0.6 is 0 Å². The molecule has 20 heavy (non-hydrogen) atoms. The van der Waals surface area contributed by atoms with Gasteiger partial charge in [0.05, 0.1) is 5.92 Å². The predicted octanol–water partition coefficient (Wildman–Crippen LogP) is 0.862. The number of likely N-dealkylation sites (tertiary alicyclic amines) is 1. The first-order valence-electron chi connectivity index (χ1n) is 7.00. The van der Waals surface area contributed by atoms with Gasteiger partial charge in [-0.25, -0.2) is 0 Å². The van der Waals surface area contributed by atoms with E-state index in [0.29, 0.717) is 19.5 Å². The highest BCUT2D eigenvalue weighted by molar-refractivity contribution is 5.82. The molecule has 0 aromatic rings. The molecule has 0 spiro atoms. The number of carbonyl (C=O) groups excluding carboxylic acids is 2. The maximum absolute atomic E-state index is 12.0. The Labute approximate surface area is 119 Å². The minimum atomic E-state index is -0.844. The molecule has 0 aromatic heterocycles. The summed E-state index contributed by atoms with van der Waals surface area (Å²) in [6.07, 6.45) is 1.56. The number of amides is 2. The second-order valence-electron chi connectivity index (χ2n) is 6.27. The lowest BCUT2D eigenvalue weighted by atomic mass is 9.95. The van der Waals surface area contributed by atoms with E-state index in [4.69, 9.17) is 5.11 Å². The summed E-state index contributed by atoms with van der Waals surface area (Å²) in [7, 11) is 0. The molecule has 0 aromatic carbocycles. The number of aliphatic carboxylic acids is 1. The number of nitrogens with zero attached hydrogens (tertiary/aromatic N) is 1. The van der Waals surface area contributed by atoms with Crippen LogP contribution in [0, 0.1) is 11.3 Å². The van der Waals surface area contributed by atoms with E-state index in [9.17, 15) is 14.4 Å². The molecule has 6 heteroatoms. The Hall–Kier alpha value is -1.59. The molecule has 0 bridgehead atoms. The van der Waals surface area contributed by atoms with Crippen molar-refractivity contribution in [2.75, 3.05) is 19.6 Å². The molecule has 1 aliphatic heterocycles. The zero-order valence-corrected chi connectivity index (χ0v) is 12.4. The summed E-state index contributed by atoms with van der Waals surface area (Å²) in [5.41, 5.74) is -0.470. The summed E-state index contributed by atoms with van der Waals surface area (Å²) in [5, 5.41) is 11.7. The van der Waals surface area contributed by atoms with Crippen LogP contribution in [0.25, 0.3) is 0 Å². The van der Waals surface area contributed by atoms with Gasteiger partial charge < -0.3 is 15.3 Å². The molecule has 1 rings (SSSR count). The lowest BCUT2D eigenvalue weighted by Crippen LogP contribution is -2.44. The number of rotatable bonds is 4. The highest BCUT2D eigenvalue weighted by Gasteiger charge is 2.28. The number of hydrogen-bond acceptors (Lipinski definition) is 3. The van der Waals surface area contributed by atoms with Crippen LogP contribution < -0.4 is 5.32 Å². The topological polar surface area (TPSA) is 86.7 Å². The Kier molecular flexibility index (Phi) is 5.53. The van der Waals surface area contributed by atoms with Crippen molar-refractivity contribution in [3.63, 3.8) is 0 Å². The maximum Gasteiger partial charge on any atom is 0.308 e. The van der Waals surface area contributed by atoms with Crippen LogP contribution in [0.4, 0.5) is 0 Å². The van der Waals surface area contributed by atoms with Gasteiger partial charge in [-0.15, -0.1) is 0 Å². The van der Waals surface area contributed by atoms with Crippen LogP contribution in [0.3, 0.4) is 0 Å². The third-order valence-corrected chi connectivity index (χ3v) is 3.43. The molecule has 2 N–H and O–H groups in total. The van der Waals surface area contributed by atoms with Gasteiger partial charge in [0.25, 0.3) is 0 Å². The van der Waals surface area contributed by atoms with Crippen LogP contribution in [-0.4, -0.2) is 47.4 Å². The summed E-state index contributed by atoms with van der Waals surface area (Å²) in [5.74, 6) is -1.49. The third kappa shape index (κ3) is 4.83. The van der Waals surface area contributed by atoms with Gasteiger partial charge in [0.2, 0.25) is 11.8 Å². The largest absolute Gasteiger partial charge is 0.481 e. The van der Waals surface area contributed by atoms with Crippen molar-refractivity contribution < 1.29 is 19.5 Å². The smallest absolute Gasteiger partial charge is 0.308 e. The van der Waals surface area contributed by atoms with E-state index in [1.165, 1.54) is 0 Å². The Balaban J connectivity index is 2.36. The minimum absolute atomic E-state index is 0.0904. The van der Waals surface area contributed by atoms with Crippen molar-refractivity contribution in [3.8, 4) is 0 Å². The molecule has 0 saturated carbocycles. The molecule has 114 valence electrons. The van der Waals surface area contributed by atoms with Gasteiger partial charge in [-0.2, -0.15) is 0 Å². The van der Waals surface area contributed by atoms with Crippen molar-refractivity contribution in [3.05, 3.63) is 0 Å². The Morgan fingerprint density at radius 1 is 1.30 bits per heavy atom. The fraction of sp³-hybridized carbons (Fsp3) is 0.786. The molecular formula is C14H24N2O4. The predicted molar refractivity (Wildman–Crippen MR) is 74.0 cm³/mol. The van der Waals surface area contributed by atoms with Gasteiger partial charge in [-0.05, 0) is 12.8 Å². The van der Waals surface area contributed by atoms with E-state index in [2.05, 4.69) is 5.32 Å². The van der Waals surface area contributed by atoms with Gasteiger partial charge in [0, 0.05) is 31.5 Å². The van der Waals surface area contributed by atoms with Crippen molar-refractivity contribution in [1.82, 2.24) is 10.2 Å². The van der Waals surface area contributed by atoms with Crippen LogP contribution in [0.2, 0.25) is 0 Å². The summed E-state index contributed by atoms with van der Waals surface area (Å²) >= 11 is 0. The van der Waals surface area contributed by atoms with Crippen molar-refractivity contribution in [1.29, 1.82) is 0 Å². The Morgan fingerprint density at radius 2 is 1.95 bits per heavy atom. The highest BCUT2D eigenvalue weighted by atomic mass is 16.4. The quantitative estimate of drug-likeness (QED) is 0.801. The molecule has 2 amide bonds. The van der Waals surface area contributed by atoms with Crippen molar-refractivity contribution in [2.45, 2.75) is 40.0 Å². The third-order valence-electron chi connectivity index (χ3n) is 3.43. The molecule has 0 radical (unpaired) electrons. The number of carboxylic acids is 1. The van der Waals surface area contributed by atoms with E-state index in [1.807, 2.05) is 20.8 Å². The SMILES string of the molecule is CC(C)(C)C(=O)NCCC(=O)N1CCC[C@@H](C(=O)O)C1. The fourth-order valence-electron chi connectivity index (χ4n) is 2.11. The fourth-order valence-corrected chi connectivity index (χ4v) is 2.11. The Bertz CT molecular complexity index is 387. The summed E-state index contributed by atoms with van der Waals surface area (Å²) in [6.45, 7) is 6.62.